The third-order valence-corrected chi connectivity index (χ3v) is 7.66. The van der Waals surface area contributed by atoms with Crippen LogP contribution in [-0.2, 0) is 10.0 Å². The van der Waals surface area contributed by atoms with Gasteiger partial charge in [0.05, 0.1) is 11.4 Å². The molecule has 6 nitrogen and oxygen atoms in total. The average Bonchev–Trinajstić information content (AvgIpc) is 3.04. The number of ether oxygens (including phenoxy) is 1. The smallest absolute Gasteiger partial charge is 0.251 e. The van der Waals surface area contributed by atoms with Crippen molar-refractivity contribution in [3.63, 3.8) is 0 Å². The Kier molecular flexibility index (Phi) is 7.73. The fourth-order valence-electron chi connectivity index (χ4n) is 3.73. The Morgan fingerprint density at radius 3 is 2.35 bits per heavy atom. The predicted molar refractivity (Wildman–Crippen MR) is 122 cm³/mol. The van der Waals surface area contributed by atoms with E-state index in [1.165, 1.54) is 6.07 Å². The summed E-state index contributed by atoms with van der Waals surface area (Å²) in [7, 11) is -3.61. The maximum Gasteiger partial charge on any atom is 0.251 e. The maximum absolute atomic E-state index is 13.2. The maximum atomic E-state index is 13.2. The van der Waals surface area contributed by atoms with Gasteiger partial charge in [0.2, 0.25) is 10.0 Å². The first kappa shape index (κ1) is 23.3. The minimum absolute atomic E-state index is 0.216. The van der Waals surface area contributed by atoms with Crippen molar-refractivity contribution in [2.24, 2.45) is 0 Å². The zero-order valence-electron chi connectivity index (χ0n) is 18.6. The van der Waals surface area contributed by atoms with Crippen molar-refractivity contribution in [2.75, 3.05) is 26.2 Å². The third kappa shape index (κ3) is 5.86. The lowest BCUT2D eigenvalue weighted by atomic mass is 10.1. The van der Waals surface area contributed by atoms with Crippen molar-refractivity contribution in [1.82, 2.24) is 9.62 Å². The minimum atomic E-state index is -3.61. The van der Waals surface area contributed by atoms with Crippen molar-refractivity contribution < 1.29 is 17.9 Å². The number of benzene rings is 2. The summed E-state index contributed by atoms with van der Waals surface area (Å²) in [6.07, 6.45) is 3.85. The third-order valence-electron chi connectivity index (χ3n) is 5.62. The van der Waals surface area contributed by atoms with E-state index in [0.29, 0.717) is 37.4 Å². The predicted octanol–water partition coefficient (Wildman–Crippen LogP) is 3.99. The van der Waals surface area contributed by atoms with Gasteiger partial charge in [0.15, 0.2) is 0 Å². The summed E-state index contributed by atoms with van der Waals surface area (Å²) in [5, 5.41) is 2.82. The summed E-state index contributed by atoms with van der Waals surface area (Å²) >= 11 is 0. The van der Waals surface area contributed by atoms with Gasteiger partial charge in [0.25, 0.3) is 5.91 Å². The Balaban J connectivity index is 1.64. The van der Waals surface area contributed by atoms with Gasteiger partial charge in [0, 0.05) is 18.7 Å². The van der Waals surface area contributed by atoms with Gasteiger partial charge in [-0.3, -0.25) is 4.79 Å². The van der Waals surface area contributed by atoms with Crippen LogP contribution in [0.25, 0.3) is 0 Å². The van der Waals surface area contributed by atoms with Crippen LogP contribution in [-0.4, -0.2) is 44.9 Å². The normalized spacial score (nSPS) is 15.3. The molecule has 0 saturated carbocycles. The monoisotopic (exact) mass is 444 g/mol. The molecule has 2 aromatic carbocycles. The molecular formula is C24H32N2O4S. The van der Waals surface area contributed by atoms with Crippen LogP contribution in [0.1, 0.15) is 52.7 Å². The lowest BCUT2D eigenvalue weighted by Gasteiger charge is -2.21. The molecule has 1 N–H and O–H groups in total. The van der Waals surface area contributed by atoms with Gasteiger partial charge in [-0.1, -0.05) is 31.0 Å². The molecule has 1 aliphatic rings. The molecule has 1 amide bonds. The first-order valence-electron chi connectivity index (χ1n) is 10.9. The SMILES string of the molecule is Cc1ccc(C)c(OCCNC(=O)c2ccc(C)c(S(=O)(=O)N3CCCCCC3)c2)c1. The van der Waals surface area contributed by atoms with Crippen molar-refractivity contribution in [1.29, 1.82) is 0 Å². The molecule has 1 aliphatic heterocycles. The number of carbonyl (C=O) groups is 1. The van der Waals surface area contributed by atoms with E-state index < -0.39 is 10.0 Å². The van der Waals surface area contributed by atoms with E-state index in [-0.39, 0.29) is 10.8 Å². The average molecular weight is 445 g/mol. The number of nitrogens with zero attached hydrogens (tertiary/aromatic N) is 1. The number of amides is 1. The number of hydrogen-bond donors (Lipinski definition) is 1. The van der Waals surface area contributed by atoms with E-state index in [1.54, 1.807) is 23.4 Å². The molecular weight excluding hydrogens is 412 g/mol. The number of nitrogens with one attached hydrogen (secondary N) is 1. The van der Waals surface area contributed by atoms with Crippen molar-refractivity contribution in [3.8, 4) is 5.75 Å². The Morgan fingerprint density at radius 2 is 1.65 bits per heavy atom. The molecule has 0 radical (unpaired) electrons. The second-order valence-electron chi connectivity index (χ2n) is 8.17. The summed E-state index contributed by atoms with van der Waals surface area (Å²) in [4.78, 5) is 12.8. The summed E-state index contributed by atoms with van der Waals surface area (Å²) in [5.41, 5.74) is 3.14. The number of aryl methyl sites for hydroxylation is 3. The van der Waals surface area contributed by atoms with Crippen LogP contribution >= 0.6 is 0 Å². The Hall–Kier alpha value is -2.38. The lowest BCUT2D eigenvalue weighted by molar-refractivity contribution is 0.0946. The second-order valence-corrected chi connectivity index (χ2v) is 10.1. The number of carbonyl (C=O) groups excluding carboxylic acids is 1. The molecule has 1 saturated heterocycles. The Morgan fingerprint density at radius 1 is 0.968 bits per heavy atom. The fraction of sp³-hybridized carbons (Fsp3) is 0.458. The molecule has 0 aromatic heterocycles. The van der Waals surface area contributed by atoms with Crippen LogP contribution in [0.2, 0.25) is 0 Å². The molecule has 0 aliphatic carbocycles. The second kappa shape index (κ2) is 10.3. The highest BCUT2D eigenvalue weighted by atomic mass is 32.2. The molecule has 7 heteroatoms. The molecule has 0 atom stereocenters. The topological polar surface area (TPSA) is 75.7 Å². The van der Waals surface area contributed by atoms with E-state index in [2.05, 4.69) is 5.32 Å². The highest BCUT2D eigenvalue weighted by molar-refractivity contribution is 7.89. The minimum Gasteiger partial charge on any atom is -0.491 e. The fourth-order valence-corrected chi connectivity index (χ4v) is 5.50. The largest absolute Gasteiger partial charge is 0.491 e. The van der Waals surface area contributed by atoms with Gasteiger partial charge < -0.3 is 10.1 Å². The molecule has 1 fully saturated rings. The highest BCUT2D eigenvalue weighted by Crippen LogP contribution is 2.24. The first-order valence-corrected chi connectivity index (χ1v) is 12.3. The van der Waals surface area contributed by atoms with Gasteiger partial charge in [-0.25, -0.2) is 8.42 Å². The van der Waals surface area contributed by atoms with Gasteiger partial charge >= 0.3 is 0 Å². The number of rotatable bonds is 7. The van der Waals surface area contributed by atoms with Crippen LogP contribution < -0.4 is 10.1 Å². The zero-order valence-corrected chi connectivity index (χ0v) is 19.4. The van der Waals surface area contributed by atoms with Gasteiger partial charge in [-0.15, -0.1) is 0 Å². The van der Waals surface area contributed by atoms with Crippen molar-refractivity contribution in [2.45, 2.75) is 51.3 Å². The van der Waals surface area contributed by atoms with E-state index in [4.69, 9.17) is 4.74 Å². The van der Waals surface area contributed by atoms with E-state index in [0.717, 1.165) is 42.6 Å². The molecule has 0 bridgehead atoms. The van der Waals surface area contributed by atoms with E-state index >= 15 is 0 Å². The standard InChI is InChI=1S/C24H32N2O4S/c1-18-8-9-19(2)22(16-18)30-15-12-25-24(27)21-11-10-20(3)23(17-21)31(28,29)26-13-6-4-5-7-14-26/h8-11,16-17H,4-7,12-15H2,1-3H3,(H,25,27). The zero-order chi connectivity index (χ0) is 22.4. The van der Waals surface area contributed by atoms with Crippen LogP contribution in [0.15, 0.2) is 41.3 Å². The van der Waals surface area contributed by atoms with Gasteiger partial charge in [-0.2, -0.15) is 4.31 Å². The van der Waals surface area contributed by atoms with Crippen molar-refractivity contribution >= 4 is 15.9 Å². The molecule has 168 valence electrons. The quantitative estimate of drug-likeness (QED) is 0.656. The molecule has 31 heavy (non-hydrogen) atoms. The van der Waals surface area contributed by atoms with Crippen LogP contribution in [0.3, 0.4) is 0 Å². The summed E-state index contributed by atoms with van der Waals surface area (Å²) in [6.45, 7) is 7.48. The number of sulfonamides is 1. The van der Waals surface area contributed by atoms with Crippen LogP contribution in [0.4, 0.5) is 0 Å². The van der Waals surface area contributed by atoms with E-state index in [1.807, 2.05) is 32.0 Å². The van der Waals surface area contributed by atoms with Crippen molar-refractivity contribution in [3.05, 3.63) is 58.7 Å². The molecule has 2 aromatic rings. The Bertz CT molecular complexity index is 1030. The Labute approximate surface area is 185 Å². The first-order chi connectivity index (χ1) is 14.8. The summed E-state index contributed by atoms with van der Waals surface area (Å²) in [5.74, 6) is 0.493. The molecule has 0 unspecified atom stereocenters. The van der Waals surface area contributed by atoms with Gasteiger partial charge in [0.1, 0.15) is 12.4 Å². The summed E-state index contributed by atoms with van der Waals surface area (Å²) in [6, 6.07) is 10.9. The number of hydrogen-bond acceptors (Lipinski definition) is 4. The van der Waals surface area contributed by atoms with Crippen LogP contribution in [0.5, 0.6) is 5.75 Å². The molecule has 0 spiro atoms. The lowest BCUT2D eigenvalue weighted by Crippen LogP contribution is -2.33. The van der Waals surface area contributed by atoms with Gasteiger partial charge in [-0.05, 0) is 68.5 Å². The molecule has 1 heterocycles. The molecule has 3 rings (SSSR count). The van der Waals surface area contributed by atoms with E-state index in [9.17, 15) is 13.2 Å². The highest BCUT2D eigenvalue weighted by Gasteiger charge is 2.27. The van der Waals surface area contributed by atoms with Crippen LogP contribution in [0, 0.1) is 20.8 Å². The summed E-state index contributed by atoms with van der Waals surface area (Å²) < 4.78 is 33.7.